The van der Waals surface area contributed by atoms with Gasteiger partial charge in [-0.05, 0) is 18.2 Å². The summed E-state index contributed by atoms with van der Waals surface area (Å²) in [6.07, 6.45) is 4.23. The largest absolute Gasteiger partial charge is 0.348 e. The highest BCUT2D eigenvalue weighted by Gasteiger charge is 2.39. The van der Waals surface area contributed by atoms with Gasteiger partial charge in [0.15, 0.2) is 0 Å². The van der Waals surface area contributed by atoms with Crippen molar-refractivity contribution in [1.82, 2.24) is 15.3 Å². The summed E-state index contributed by atoms with van der Waals surface area (Å²) in [5.41, 5.74) is 1.50. The minimum absolute atomic E-state index is 0.161. The van der Waals surface area contributed by atoms with E-state index in [9.17, 15) is 9.59 Å². The maximum Gasteiger partial charge on any atom is 0.251 e. The van der Waals surface area contributed by atoms with Crippen LogP contribution in [-0.4, -0.2) is 34.4 Å². The first-order valence-electron chi connectivity index (χ1n) is 6.98. The molecular formula is C15H15ClN4O2. The Kier molecular flexibility index (Phi) is 4.22. The third-order valence-electron chi connectivity index (χ3n) is 3.55. The fourth-order valence-electron chi connectivity index (χ4n) is 2.48. The number of nitrogens with zero attached hydrogens (tertiary/aromatic N) is 2. The summed E-state index contributed by atoms with van der Waals surface area (Å²) in [5, 5.41) is 3.62. The van der Waals surface area contributed by atoms with Gasteiger partial charge < -0.3 is 10.3 Å². The molecule has 0 radical (unpaired) electrons. The molecule has 0 spiro atoms. The Morgan fingerprint density at radius 2 is 2.27 bits per heavy atom. The van der Waals surface area contributed by atoms with Gasteiger partial charge in [0.05, 0.1) is 24.5 Å². The molecule has 1 aromatic heterocycles. The molecule has 6 nitrogen and oxygen atoms in total. The highest BCUT2D eigenvalue weighted by atomic mass is 35.5. The van der Waals surface area contributed by atoms with Crippen molar-refractivity contribution in [1.29, 1.82) is 0 Å². The standard InChI is InChI=1S/C15H15ClN4O2/c16-10-2-1-3-12(6-10)20-14(21)7-13(15(20)22)18-5-4-11-8-17-9-19-11/h1-3,6,8-9,13,18H,4-5,7H2,(H,17,19). The lowest BCUT2D eigenvalue weighted by Crippen LogP contribution is -2.39. The number of benzene rings is 1. The van der Waals surface area contributed by atoms with Crippen LogP contribution in [-0.2, 0) is 16.0 Å². The Labute approximate surface area is 132 Å². The number of rotatable bonds is 5. The topological polar surface area (TPSA) is 78.1 Å². The van der Waals surface area contributed by atoms with E-state index < -0.39 is 6.04 Å². The number of carbonyl (C=O) groups is 2. The second-order valence-corrected chi connectivity index (χ2v) is 5.52. The van der Waals surface area contributed by atoms with Crippen molar-refractivity contribution in [2.24, 2.45) is 0 Å². The molecule has 1 saturated heterocycles. The van der Waals surface area contributed by atoms with Crippen LogP contribution in [0.2, 0.25) is 5.02 Å². The lowest BCUT2D eigenvalue weighted by molar-refractivity contribution is -0.121. The van der Waals surface area contributed by atoms with Crippen molar-refractivity contribution in [2.75, 3.05) is 11.4 Å². The molecule has 22 heavy (non-hydrogen) atoms. The molecule has 2 aromatic rings. The molecule has 1 aliphatic heterocycles. The van der Waals surface area contributed by atoms with E-state index in [0.29, 0.717) is 17.3 Å². The van der Waals surface area contributed by atoms with E-state index in [2.05, 4.69) is 15.3 Å². The molecule has 0 aliphatic carbocycles. The Hall–Kier alpha value is -2.18. The average molecular weight is 319 g/mol. The summed E-state index contributed by atoms with van der Waals surface area (Å²) in [6, 6.07) is 6.25. The Morgan fingerprint density at radius 3 is 3.00 bits per heavy atom. The number of anilines is 1. The van der Waals surface area contributed by atoms with Crippen LogP contribution in [0.4, 0.5) is 5.69 Å². The maximum absolute atomic E-state index is 12.4. The maximum atomic E-state index is 12.4. The zero-order chi connectivity index (χ0) is 15.5. The predicted molar refractivity (Wildman–Crippen MR) is 82.6 cm³/mol. The summed E-state index contributed by atoms with van der Waals surface area (Å²) in [5.74, 6) is -0.455. The van der Waals surface area contributed by atoms with Crippen LogP contribution in [0.25, 0.3) is 0 Å². The first-order valence-corrected chi connectivity index (χ1v) is 7.36. The molecule has 3 rings (SSSR count). The molecule has 1 fully saturated rings. The highest BCUT2D eigenvalue weighted by molar-refractivity contribution is 6.31. The smallest absolute Gasteiger partial charge is 0.251 e. The molecule has 2 heterocycles. The fraction of sp³-hybridized carbons (Fsp3) is 0.267. The van der Waals surface area contributed by atoms with Crippen molar-refractivity contribution < 1.29 is 9.59 Å². The van der Waals surface area contributed by atoms with Crippen LogP contribution in [0, 0.1) is 0 Å². The molecule has 2 amide bonds. The first kappa shape index (κ1) is 14.7. The van der Waals surface area contributed by atoms with Crippen molar-refractivity contribution in [2.45, 2.75) is 18.9 Å². The number of halogens is 1. The fourth-order valence-corrected chi connectivity index (χ4v) is 2.66. The molecule has 1 unspecified atom stereocenters. The second-order valence-electron chi connectivity index (χ2n) is 5.08. The van der Waals surface area contributed by atoms with Gasteiger partial charge in [0.25, 0.3) is 5.91 Å². The van der Waals surface area contributed by atoms with Crippen molar-refractivity contribution >= 4 is 29.1 Å². The minimum atomic E-state index is -0.491. The zero-order valence-electron chi connectivity index (χ0n) is 11.8. The van der Waals surface area contributed by atoms with Crippen molar-refractivity contribution in [3.05, 3.63) is 47.5 Å². The van der Waals surface area contributed by atoms with Gasteiger partial charge in [-0.3, -0.25) is 9.59 Å². The number of hydrogen-bond acceptors (Lipinski definition) is 4. The SMILES string of the molecule is O=C1CC(NCCc2cnc[nH]2)C(=O)N1c1cccc(Cl)c1. The normalized spacial score (nSPS) is 18.2. The first-order chi connectivity index (χ1) is 10.6. The third kappa shape index (κ3) is 3.03. The van der Waals surface area contributed by atoms with Gasteiger partial charge in [0.2, 0.25) is 5.91 Å². The number of amides is 2. The predicted octanol–water partition coefficient (Wildman–Crippen LogP) is 1.53. The molecule has 1 atom stereocenters. The highest BCUT2D eigenvalue weighted by Crippen LogP contribution is 2.25. The van der Waals surface area contributed by atoms with Crippen molar-refractivity contribution in [3.63, 3.8) is 0 Å². The molecule has 1 aliphatic rings. The molecule has 2 N–H and O–H groups in total. The summed E-state index contributed by atoms with van der Waals surface area (Å²) < 4.78 is 0. The van der Waals surface area contributed by atoms with Gasteiger partial charge in [-0.2, -0.15) is 0 Å². The van der Waals surface area contributed by atoms with E-state index in [4.69, 9.17) is 11.6 Å². The lowest BCUT2D eigenvalue weighted by atomic mass is 10.2. The van der Waals surface area contributed by atoms with E-state index in [1.807, 2.05) is 0 Å². The van der Waals surface area contributed by atoms with Gasteiger partial charge in [0.1, 0.15) is 0 Å². The number of aromatic nitrogens is 2. The summed E-state index contributed by atoms with van der Waals surface area (Å²) in [4.78, 5) is 32.6. The minimum Gasteiger partial charge on any atom is -0.348 e. The van der Waals surface area contributed by atoms with Crippen LogP contribution >= 0.6 is 11.6 Å². The Morgan fingerprint density at radius 1 is 1.41 bits per heavy atom. The molecular weight excluding hydrogens is 304 g/mol. The van der Waals surface area contributed by atoms with E-state index in [-0.39, 0.29) is 18.2 Å². The van der Waals surface area contributed by atoms with Crippen LogP contribution in [0.15, 0.2) is 36.8 Å². The molecule has 114 valence electrons. The number of nitrogens with one attached hydrogen (secondary N) is 2. The van der Waals surface area contributed by atoms with E-state index in [1.54, 1.807) is 36.8 Å². The summed E-state index contributed by atoms with van der Waals surface area (Å²) in [6.45, 7) is 0.593. The molecule has 0 bridgehead atoms. The Balaban J connectivity index is 1.64. The van der Waals surface area contributed by atoms with Crippen molar-refractivity contribution in [3.8, 4) is 0 Å². The van der Waals surface area contributed by atoms with Crippen LogP contribution in [0.5, 0.6) is 0 Å². The number of imidazole rings is 1. The quantitative estimate of drug-likeness (QED) is 0.820. The number of hydrogen-bond donors (Lipinski definition) is 2. The lowest BCUT2D eigenvalue weighted by Gasteiger charge is -2.15. The number of H-pyrrole nitrogens is 1. The van der Waals surface area contributed by atoms with Crippen LogP contribution < -0.4 is 10.2 Å². The van der Waals surface area contributed by atoms with Gasteiger partial charge in [-0.1, -0.05) is 17.7 Å². The van der Waals surface area contributed by atoms with Gasteiger partial charge >= 0.3 is 0 Å². The molecule has 1 aromatic carbocycles. The summed E-state index contributed by atoms with van der Waals surface area (Å²) >= 11 is 5.92. The van der Waals surface area contributed by atoms with E-state index in [1.165, 1.54) is 4.90 Å². The van der Waals surface area contributed by atoms with Gasteiger partial charge in [-0.15, -0.1) is 0 Å². The molecule has 0 saturated carbocycles. The van der Waals surface area contributed by atoms with E-state index >= 15 is 0 Å². The monoisotopic (exact) mass is 318 g/mol. The zero-order valence-corrected chi connectivity index (χ0v) is 12.5. The van der Waals surface area contributed by atoms with Gasteiger partial charge in [0, 0.05) is 29.9 Å². The van der Waals surface area contributed by atoms with E-state index in [0.717, 1.165) is 12.1 Å². The number of aromatic amines is 1. The van der Waals surface area contributed by atoms with Crippen LogP contribution in [0.1, 0.15) is 12.1 Å². The average Bonchev–Trinajstić information content (AvgIpc) is 3.08. The third-order valence-corrected chi connectivity index (χ3v) is 3.79. The summed E-state index contributed by atoms with van der Waals surface area (Å²) in [7, 11) is 0. The van der Waals surface area contributed by atoms with Gasteiger partial charge in [-0.25, -0.2) is 9.88 Å². The Bertz CT molecular complexity index is 687. The second kappa shape index (κ2) is 6.29. The molecule has 7 heteroatoms. The number of carbonyl (C=O) groups excluding carboxylic acids is 2. The number of imide groups is 1. The van der Waals surface area contributed by atoms with Crippen LogP contribution in [0.3, 0.4) is 0 Å².